The van der Waals surface area contributed by atoms with Crippen LogP contribution in [0.4, 0.5) is 0 Å². The fraction of sp³-hybridized carbons (Fsp3) is 1.00. The molecule has 0 spiro atoms. The lowest BCUT2D eigenvalue weighted by Crippen LogP contribution is -2.65. The average Bonchev–Trinajstić information content (AvgIpc) is 2.18. The van der Waals surface area contributed by atoms with Crippen LogP contribution < -0.4 is 5.32 Å². The van der Waals surface area contributed by atoms with Crippen LogP contribution in [0.1, 0.15) is 35.1 Å². The lowest BCUT2D eigenvalue weighted by Gasteiger charge is -2.47. The van der Waals surface area contributed by atoms with E-state index >= 15 is 0 Å². The predicted molar refractivity (Wildman–Crippen MR) is 90.5 cm³/mol. The second-order valence-corrected chi connectivity index (χ2v) is 7.67. The van der Waals surface area contributed by atoms with Gasteiger partial charge in [-0.25, -0.2) is 0 Å². The van der Waals surface area contributed by atoms with E-state index in [1.807, 2.05) is 0 Å². The molecule has 2 aliphatic rings. The van der Waals surface area contributed by atoms with Gasteiger partial charge >= 0.3 is 0 Å². The number of hydrogen-bond donors (Lipinski definition) is 1. The van der Waals surface area contributed by atoms with E-state index < -0.39 is 0 Å². The highest BCUT2D eigenvalue weighted by molar-refractivity contribution is 4.96. The molecule has 0 aromatic heterocycles. The third-order valence-corrected chi connectivity index (χ3v) is 3.73. The Morgan fingerprint density at radius 3 is 1.20 bits per heavy atom. The van der Waals surface area contributed by atoms with Gasteiger partial charge in [-0.3, -0.25) is 0 Å². The van der Waals surface area contributed by atoms with Gasteiger partial charge < -0.3 is 20.0 Å². The van der Waals surface area contributed by atoms with Crippen molar-refractivity contribution < 1.29 is 0 Å². The van der Waals surface area contributed by atoms with E-state index in [9.17, 15) is 0 Å². The number of piperazine rings is 2. The summed E-state index contributed by atoms with van der Waals surface area (Å²) >= 11 is 0. The molecule has 1 N–H and O–H groups in total. The summed E-state index contributed by atoms with van der Waals surface area (Å²) in [5.74, 6) is 0. The van der Waals surface area contributed by atoms with E-state index in [1.165, 1.54) is 26.2 Å². The third kappa shape index (κ3) is 7.58. The molecule has 0 unspecified atom stereocenters. The summed E-state index contributed by atoms with van der Waals surface area (Å²) in [5.41, 5.74) is 0.521. The number of likely N-dealkylation sites (N-methyl/N-ethyl adjacent to an activating group) is 3. The van der Waals surface area contributed by atoms with Crippen molar-refractivity contribution in [2.24, 2.45) is 0 Å². The van der Waals surface area contributed by atoms with Crippen molar-refractivity contribution in [2.75, 3.05) is 60.4 Å². The number of rotatable bonds is 0. The SMILES string of the molecule is C.CN1CC(C)(C)NC(C)(C)C1.CN1CCN(C)CC1. The van der Waals surface area contributed by atoms with Crippen LogP contribution in [0.15, 0.2) is 0 Å². The van der Waals surface area contributed by atoms with E-state index in [1.54, 1.807) is 0 Å². The van der Waals surface area contributed by atoms with Gasteiger partial charge in [-0.2, -0.15) is 0 Å². The standard InChI is InChI=1S/C9H20N2.C6H14N2.CH4/c1-8(2)6-11(5)7-9(3,4)10-8;1-7-3-5-8(2)6-4-7;/h10H,6-7H2,1-5H3;3-6H2,1-2H3;1H4. The Morgan fingerprint density at radius 1 is 0.650 bits per heavy atom. The van der Waals surface area contributed by atoms with Crippen LogP contribution in [-0.4, -0.2) is 86.2 Å². The lowest BCUT2D eigenvalue weighted by molar-refractivity contribution is 0.0987. The molecule has 0 aliphatic carbocycles. The zero-order chi connectivity index (χ0) is 14.7. The predicted octanol–water partition coefficient (Wildman–Crippen LogP) is 1.58. The normalized spacial score (nSPS) is 27.1. The fourth-order valence-corrected chi connectivity index (χ4v) is 3.31. The first-order chi connectivity index (χ1) is 8.60. The third-order valence-electron chi connectivity index (χ3n) is 3.73. The van der Waals surface area contributed by atoms with Crippen molar-refractivity contribution in [3.63, 3.8) is 0 Å². The average molecular weight is 287 g/mol. The summed E-state index contributed by atoms with van der Waals surface area (Å²) in [7, 11) is 6.53. The van der Waals surface area contributed by atoms with E-state index in [2.05, 4.69) is 68.9 Å². The molecule has 0 radical (unpaired) electrons. The maximum Gasteiger partial charge on any atom is 0.0257 e. The Hall–Kier alpha value is -0.160. The molecule has 122 valence electrons. The topological polar surface area (TPSA) is 21.8 Å². The maximum atomic E-state index is 3.62. The van der Waals surface area contributed by atoms with E-state index in [-0.39, 0.29) is 18.5 Å². The van der Waals surface area contributed by atoms with Gasteiger partial charge in [-0.1, -0.05) is 7.43 Å². The first kappa shape index (κ1) is 19.8. The van der Waals surface area contributed by atoms with Crippen LogP contribution in [0, 0.1) is 0 Å². The molecular formula is C16H38N4. The fourth-order valence-electron chi connectivity index (χ4n) is 3.31. The molecule has 2 rings (SSSR count). The van der Waals surface area contributed by atoms with Crippen molar-refractivity contribution in [3.8, 4) is 0 Å². The monoisotopic (exact) mass is 286 g/mol. The largest absolute Gasteiger partial charge is 0.304 e. The summed E-state index contributed by atoms with van der Waals surface area (Å²) in [6.45, 7) is 16.2. The molecule has 2 heterocycles. The second-order valence-electron chi connectivity index (χ2n) is 7.67. The smallest absolute Gasteiger partial charge is 0.0257 e. The quantitative estimate of drug-likeness (QED) is 0.730. The van der Waals surface area contributed by atoms with Gasteiger partial charge in [0.2, 0.25) is 0 Å². The molecule has 0 aromatic rings. The summed E-state index contributed by atoms with van der Waals surface area (Å²) in [4.78, 5) is 7.11. The lowest BCUT2D eigenvalue weighted by atomic mass is 9.92. The number of nitrogens with one attached hydrogen (secondary N) is 1. The van der Waals surface area contributed by atoms with E-state index in [0.29, 0.717) is 0 Å². The van der Waals surface area contributed by atoms with Crippen molar-refractivity contribution in [1.29, 1.82) is 0 Å². The highest BCUT2D eigenvalue weighted by Crippen LogP contribution is 2.18. The minimum atomic E-state index is 0. The van der Waals surface area contributed by atoms with Crippen molar-refractivity contribution in [1.82, 2.24) is 20.0 Å². The summed E-state index contributed by atoms with van der Waals surface area (Å²) in [6, 6.07) is 0. The molecule has 0 bridgehead atoms. The molecule has 0 atom stereocenters. The minimum Gasteiger partial charge on any atom is -0.304 e. The minimum absolute atomic E-state index is 0. The highest BCUT2D eigenvalue weighted by atomic mass is 15.2. The van der Waals surface area contributed by atoms with Gasteiger partial charge in [-0.05, 0) is 48.8 Å². The van der Waals surface area contributed by atoms with Crippen LogP contribution in [-0.2, 0) is 0 Å². The van der Waals surface area contributed by atoms with Crippen LogP contribution in [0.25, 0.3) is 0 Å². The van der Waals surface area contributed by atoms with Crippen molar-refractivity contribution in [3.05, 3.63) is 0 Å². The first-order valence-corrected chi connectivity index (χ1v) is 7.45. The number of hydrogen-bond acceptors (Lipinski definition) is 4. The Morgan fingerprint density at radius 2 is 0.950 bits per heavy atom. The highest BCUT2D eigenvalue weighted by Gasteiger charge is 2.34. The van der Waals surface area contributed by atoms with Gasteiger partial charge in [0.15, 0.2) is 0 Å². The summed E-state index contributed by atoms with van der Waals surface area (Å²) in [6.07, 6.45) is 0. The number of nitrogens with zero attached hydrogens (tertiary/aromatic N) is 3. The first-order valence-electron chi connectivity index (χ1n) is 7.45. The van der Waals surface area contributed by atoms with Crippen LogP contribution in [0.3, 0.4) is 0 Å². The summed E-state index contributed by atoms with van der Waals surface area (Å²) < 4.78 is 0. The van der Waals surface area contributed by atoms with Gasteiger partial charge in [0.25, 0.3) is 0 Å². The molecule has 0 aromatic carbocycles. The molecule has 0 saturated carbocycles. The molecule has 2 aliphatic heterocycles. The zero-order valence-corrected chi connectivity index (χ0v) is 14.1. The van der Waals surface area contributed by atoms with Crippen LogP contribution in [0.2, 0.25) is 0 Å². The van der Waals surface area contributed by atoms with Crippen molar-refractivity contribution >= 4 is 0 Å². The molecule has 0 amide bonds. The molecule has 2 saturated heterocycles. The van der Waals surface area contributed by atoms with E-state index in [0.717, 1.165) is 13.1 Å². The van der Waals surface area contributed by atoms with Gasteiger partial charge in [-0.15, -0.1) is 0 Å². The van der Waals surface area contributed by atoms with Crippen LogP contribution >= 0.6 is 0 Å². The van der Waals surface area contributed by atoms with Crippen LogP contribution in [0.5, 0.6) is 0 Å². The zero-order valence-electron chi connectivity index (χ0n) is 14.1. The van der Waals surface area contributed by atoms with Gasteiger partial charge in [0, 0.05) is 50.3 Å². The summed E-state index contributed by atoms with van der Waals surface area (Å²) in [5, 5.41) is 3.62. The Kier molecular flexibility index (Phi) is 7.67. The molecule has 4 heteroatoms. The molecule has 20 heavy (non-hydrogen) atoms. The Balaban J connectivity index is 0.000000359. The molecular weight excluding hydrogens is 248 g/mol. The van der Waals surface area contributed by atoms with Crippen molar-refractivity contribution in [2.45, 2.75) is 46.2 Å². The van der Waals surface area contributed by atoms with E-state index in [4.69, 9.17) is 0 Å². The Labute approximate surface area is 127 Å². The second kappa shape index (κ2) is 7.74. The molecule has 4 nitrogen and oxygen atoms in total. The van der Waals surface area contributed by atoms with Gasteiger partial charge in [0.1, 0.15) is 0 Å². The Bertz CT molecular complexity index is 242. The molecule has 2 fully saturated rings. The van der Waals surface area contributed by atoms with Gasteiger partial charge in [0.05, 0.1) is 0 Å². The maximum absolute atomic E-state index is 3.62.